The van der Waals surface area contributed by atoms with Gasteiger partial charge in [0.25, 0.3) is 5.91 Å². The molecular weight excluding hydrogens is 278 g/mol. The summed E-state index contributed by atoms with van der Waals surface area (Å²) in [6.45, 7) is 1.97. The van der Waals surface area contributed by atoms with Gasteiger partial charge in [0, 0.05) is 0 Å². The Labute approximate surface area is 113 Å². The van der Waals surface area contributed by atoms with Crippen LogP contribution < -0.4 is 16.5 Å². The fourth-order valence-electron chi connectivity index (χ4n) is 1.64. The van der Waals surface area contributed by atoms with E-state index in [-0.39, 0.29) is 12.1 Å². The Morgan fingerprint density at radius 3 is 2.94 bits per heavy atom. The number of nitrogens with two attached hydrogens (primary N) is 1. The zero-order valence-electron chi connectivity index (χ0n) is 9.53. The summed E-state index contributed by atoms with van der Waals surface area (Å²) >= 11 is 6.91. The molecule has 0 fully saturated rings. The molecule has 1 aliphatic rings. The van der Waals surface area contributed by atoms with E-state index in [0.29, 0.717) is 21.2 Å². The Bertz CT molecular complexity index is 472. The summed E-state index contributed by atoms with van der Waals surface area (Å²) in [5, 5.41) is 6.46. The molecule has 0 spiro atoms. The van der Waals surface area contributed by atoms with E-state index in [4.69, 9.17) is 17.5 Å². The lowest BCUT2D eigenvalue weighted by Crippen LogP contribution is -2.44. The zero-order chi connectivity index (χ0) is 13.1. The van der Waals surface area contributed by atoms with Crippen molar-refractivity contribution in [3.63, 3.8) is 0 Å². The average molecular weight is 290 g/mol. The minimum atomic E-state index is -0.150. The van der Waals surface area contributed by atoms with Crippen LogP contribution in [-0.2, 0) is 9.32 Å². The lowest BCUT2D eigenvalue weighted by atomic mass is 10.1. The molecule has 0 bridgehead atoms. The van der Waals surface area contributed by atoms with Gasteiger partial charge < -0.3 is 10.6 Å². The number of rotatable bonds is 4. The van der Waals surface area contributed by atoms with Crippen molar-refractivity contribution in [3.8, 4) is 0 Å². The molecule has 18 heavy (non-hydrogen) atoms. The maximum Gasteiger partial charge on any atom is 0.255 e. The molecule has 0 radical (unpaired) electrons. The van der Waals surface area contributed by atoms with Crippen LogP contribution in [0.1, 0.15) is 23.7 Å². The predicted molar refractivity (Wildman–Crippen MR) is 68.8 cm³/mol. The van der Waals surface area contributed by atoms with Gasteiger partial charge in [-0.15, -0.1) is 9.32 Å². The monoisotopic (exact) mass is 289 g/mol. The van der Waals surface area contributed by atoms with Gasteiger partial charge in [-0.05, 0) is 18.6 Å². The molecule has 1 aromatic carbocycles. The van der Waals surface area contributed by atoms with Gasteiger partial charge in [-0.1, -0.05) is 18.5 Å². The number of carbonyl (C=O) groups excluding carboxylic acids is 1. The molecule has 8 heteroatoms. The predicted octanol–water partition coefficient (Wildman–Crippen LogP) is 2.06. The number of amides is 1. The van der Waals surface area contributed by atoms with Gasteiger partial charge in [-0.2, -0.15) is 5.90 Å². The molecular formula is C10H12ClN3O3S. The van der Waals surface area contributed by atoms with Crippen LogP contribution in [0, 0.1) is 0 Å². The molecule has 2 rings (SSSR count). The van der Waals surface area contributed by atoms with Crippen LogP contribution in [0.25, 0.3) is 0 Å². The molecule has 1 aliphatic heterocycles. The molecule has 1 heterocycles. The molecule has 98 valence electrons. The standard InChI is InChI=1S/C10H12ClN3O3S/c1-2-9-13-7-4-6(11)8(18-17-16-12)3-5(7)10(15)14-9/h3-4,9,13H,2,12H2,1H3,(H,14,15). The maximum atomic E-state index is 11.9. The third-order valence-corrected chi connectivity index (χ3v) is 3.61. The lowest BCUT2D eigenvalue weighted by molar-refractivity contribution is -0.195. The van der Waals surface area contributed by atoms with E-state index in [9.17, 15) is 4.79 Å². The molecule has 1 amide bonds. The average Bonchev–Trinajstić information content (AvgIpc) is 2.36. The van der Waals surface area contributed by atoms with Crippen molar-refractivity contribution < 1.29 is 14.1 Å². The Morgan fingerprint density at radius 1 is 1.50 bits per heavy atom. The SMILES string of the molecule is CCC1NC(=O)c2cc(SOON)c(Cl)cc2N1. The first-order valence-corrected chi connectivity index (χ1v) is 6.38. The van der Waals surface area contributed by atoms with E-state index < -0.39 is 0 Å². The number of benzene rings is 1. The van der Waals surface area contributed by atoms with Crippen LogP contribution >= 0.6 is 23.6 Å². The van der Waals surface area contributed by atoms with Gasteiger partial charge in [0.15, 0.2) is 0 Å². The van der Waals surface area contributed by atoms with Crippen LogP contribution in [-0.4, -0.2) is 12.1 Å². The third kappa shape index (κ3) is 2.70. The second kappa shape index (κ2) is 5.77. The zero-order valence-corrected chi connectivity index (χ0v) is 11.1. The van der Waals surface area contributed by atoms with E-state index in [1.807, 2.05) is 6.92 Å². The summed E-state index contributed by atoms with van der Waals surface area (Å²) in [5.41, 5.74) is 1.21. The third-order valence-electron chi connectivity index (χ3n) is 2.52. The molecule has 0 saturated heterocycles. The van der Waals surface area contributed by atoms with Gasteiger partial charge in [0.05, 0.1) is 39.4 Å². The van der Waals surface area contributed by atoms with Crippen molar-refractivity contribution in [2.24, 2.45) is 5.90 Å². The Balaban J connectivity index is 2.31. The Morgan fingerprint density at radius 2 is 2.28 bits per heavy atom. The Hall–Kier alpha value is -0.990. The van der Waals surface area contributed by atoms with E-state index in [1.54, 1.807) is 12.1 Å². The smallest absolute Gasteiger partial charge is 0.255 e. The van der Waals surface area contributed by atoms with Crippen LogP contribution in [0.2, 0.25) is 5.02 Å². The summed E-state index contributed by atoms with van der Waals surface area (Å²) in [4.78, 5) is 16.4. The summed E-state index contributed by atoms with van der Waals surface area (Å²) in [7, 11) is 0. The van der Waals surface area contributed by atoms with Crippen LogP contribution in [0.5, 0.6) is 0 Å². The van der Waals surface area contributed by atoms with Crippen molar-refractivity contribution in [1.29, 1.82) is 0 Å². The van der Waals surface area contributed by atoms with Gasteiger partial charge in [0.2, 0.25) is 0 Å². The first kappa shape index (κ1) is 13.4. The van der Waals surface area contributed by atoms with Crippen LogP contribution in [0.15, 0.2) is 17.0 Å². The number of anilines is 1. The molecule has 0 aromatic heterocycles. The quantitative estimate of drug-likeness (QED) is 0.447. The van der Waals surface area contributed by atoms with Gasteiger partial charge in [-0.25, -0.2) is 0 Å². The first-order valence-electron chi connectivity index (χ1n) is 5.26. The topological polar surface area (TPSA) is 85.6 Å². The van der Waals surface area contributed by atoms with E-state index in [1.165, 1.54) is 0 Å². The van der Waals surface area contributed by atoms with Crippen molar-refractivity contribution in [2.45, 2.75) is 24.4 Å². The minimum absolute atomic E-state index is 0.0804. The number of fused-ring (bicyclic) bond motifs is 1. The van der Waals surface area contributed by atoms with E-state index in [2.05, 4.69) is 20.0 Å². The molecule has 0 aliphatic carbocycles. The molecule has 6 nitrogen and oxygen atoms in total. The summed E-state index contributed by atoms with van der Waals surface area (Å²) in [6, 6.07) is 3.30. The second-order valence-corrected chi connectivity index (χ2v) is 4.80. The van der Waals surface area contributed by atoms with Crippen LogP contribution in [0.3, 0.4) is 0 Å². The van der Waals surface area contributed by atoms with Crippen molar-refractivity contribution in [2.75, 3.05) is 5.32 Å². The number of nitrogens with one attached hydrogen (secondary N) is 2. The highest BCUT2D eigenvalue weighted by molar-refractivity contribution is 7.94. The largest absolute Gasteiger partial charge is 0.365 e. The van der Waals surface area contributed by atoms with Crippen molar-refractivity contribution in [3.05, 3.63) is 22.7 Å². The molecule has 0 saturated carbocycles. The van der Waals surface area contributed by atoms with Crippen LogP contribution in [0.4, 0.5) is 5.69 Å². The van der Waals surface area contributed by atoms with E-state index in [0.717, 1.165) is 18.5 Å². The Kier molecular flexibility index (Phi) is 4.31. The van der Waals surface area contributed by atoms with E-state index >= 15 is 0 Å². The molecule has 1 unspecified atom stereocenters. The molecule has 1 aromatic rings. The highest BCUT2D eigenvalue weighted by Gasteiger charge is 2.24. The summed E-state index contributed by atoms with van der Waals surface area (Å²) in [5.74, 6) is 4.60. The fourth-order valence-corrected chi connectivity index (χ4v) is 2.32. The highest BCUT2D eigenvalue weighted by atomic mass is 35.5. The summed E-state index contributed by atoms with van der Waals surface area (Å²) in [6.07, 6.45) is 0.701. The minimum Gasteiger partial charge on any atom is -0.365 e. The normalized spacial score (nSPS) is 17.9. The molecule has 1 atom stereocenters. The van der Waals surface area contributed by atoms with Crippen molar-refractivity contribution in [1.82, 2.24) is 5.32 Å². The molecule has 4 N–H and O–H groups in total. The summed E-state index contributed by atoms with van der Waals surface area (Å²) < 4.78 is 4.53. The fraction of sp³-hybridized carbons (Fsp3) is 0.300. The lowest BCUT2D eigenvalue weighted by Gasteiger charge is -2.27. The van der Waals surface area contributed by atoms with Gasteiger partial charge >= 0.3 is 0 Å². The second-order valence-electron chi connectivity index (χ2n) is 3.65. The number of hydrogen-bond acceptors (Lipinski definition) is 6. The number of hydrogen-bond donors (Lipinski definition) is 3. The van der Waals surface area contributed by atoms with Gasteiger partial charge in [-0.3, -0.25) is 4.79 Å². The number of carbonyl (C=O) groups is 1. The van der Waals surface area contributed by atoms with Crippen molar-refractivity contribution >= 4 is 35.2 Å². The highest BCUT2D eigenvalue weighted by Crippen LogP contribution is 2.34. The maximum absolute atomic E-state index is 11.9. The number of halogens is 1. The first-order chi connectivity index (χ1) is 8.65. The van der Waals surface area contributed by atoms with Gasteiger partial charge in [0.1, 0.15) is 0 Å².